The highest BCUT2D eigenvalue weighted by atomic mass is 19.4. The fraction of sp³-hybridized carbons (Fsp3) is 0.594. The fourth-order valence-electron chi connectivity index (χ4n) is 5.59. The number of carbonyl (C=O) groups is 1. The molecule has 11 heteroatoms. The molecule has 2 aromatic carbocycles. The molecule has 0 bridgehead atoms. The molecule has 0 spiro atoms. The number of ether oxygens (including phenoxy) is 1. The largest absolute Gasteiger partial charge is 0.460 e. The van der Waals surface area contributed by atoms with E-state index in [0.717, 1.165) is 36.4 Å². The molecule has 0 radical (unpaired) electrons. The van der Waals surface area contributed by atoms with Crippen molar-refractivity contribution >= 4 is 5.97 Å². The first-order chi connectivity index (χ1) is 19.5. The van der Waals surface area contributed by atoms with E-state index in [1.165, 1.54) is 12.1 Å². The molecule has 1 aliphatic rings. The van der Waals surface area contributed by atoms with Crippen molar-refractivity contribution in [3.8, 4) is 0 Å². The van der Waals surface area contributed by atoms with E-state index in [4.69, 9.17) is 4.74 Å². The van der Waals surface area contributed by atoms with Crippen molar-refractivity contribution < 1.29 is 44.7 Å². The van der Waals surface area contributed by atoms with Gasteiger partial charge in [0.2, 0.25) is 0 Å². The van der Waals surface area contributed by atoms with E-state index in [9.17, 15) is 31.1 Å². The van der Waals surface area contributed by atoms with E-state index in [-0.39, 0.29) is 23.1 Å². The monoisotopic (exact) mass is 621 g/mol. The van der Waals surface area contributed by atoms with E-state index in [2.05, 4.69) is 0 Å². The second-order valence-electron chi connectivity index (χ2n) is 13.5. The Morgan fingerprint density at radius 1 is 0.814 bits per heavy atom. The van der Waals surface area contributed by atoms with Crippen LogP contribution in [0.4, 0.5) is 35.1 Å². The Bertz CT molecular complexity index is 1220. The highest BCUT2D eigenvalue weighted by Gasteiger charge is 2.55. The van der Waals surface area contributed by atoms with E-state index in [1.807, 2.05) is 20.8 Å². The number of benzene rings is 2. The summed E-state index contributed by atoms with van der Waals surface area (Å²) in [5.41, 5.74) is -2.60. The number of halogens is 8. The SMILES string of the molecule is CC(C)(C)CCCN1[C@H](c2ccc(C(F)(F)F)cc2)[C@@H](CC(=O)OC(C)(C)C)C(F)(F)C[C@H]1c1ccc(C(F)(F)F)cc1. The molecule has 43 heavy (non-hydrogen) atoms. The van der Waals surface area contributed by atoms with Gasteiger partial charge in [-0.2, -0.15) is 26.3 Å². The summed E-state index contributed by atoms with van der Waals surface area (Å²) in [6, 6.07) is 5.60. The van der Waals surface area contributed by atoms with Gasteiger partial charge in [-0.3, -0.25) is 9.69 Å². The Kier molecular flexibility index (Phi) is 10.0. The summed E-state index contributed by atoms with van der Waals surface area (Å²) < 4.78 is 118. The lowest BCUT2D eigenvalue weighted by Gasteiger charge is -2.50. The van der Waals surface area contributed by atoms with Crippen LogP contribution in [0.2, 0.25) is 0 Å². The summed E-state index contributed by atoms with van der Waals surface area (Å²) in [6.45, 7) is 11.0. The number of piperidine rings is 1. The van der Waals surface area contributed by atoms with Crippen molar-refractivity contribution in [3.63, 3.8) is 0 Å². The molecule has 0 saturated carbocycles. The smallest absolute Gasteiger partial charge is 0.416 e. The van der Waals surface area contributed by atoms with Gasteiger partial charge in [0.1, 0.15) is 5.60 Å². The second-order valence-corrected chi connectivity index (χ2v) is 13.5. The third kappa shape index (κ3) is 9.40. The van der Waals surface area contributed by atoms with Gasteiger partial charge in [0.05, 0.1) is 23.5 Å². The zero-order valence-electron chi connectivity index (χ0n) is 25.2. The summed E-state index contributed by atoms with van der Waals surface area (Å²) in [7, 11) is 0. The minimum Gasteiger partial charge on any atom is -0.460 e. The maximum atomic E-state index is 16.2. The van der Waals surface area contributed by atoms with Gasteiger partial charge in [0.25, 0.3) is 5.92 Å². The van der Waals surface area contributed by atoms with Gasteiger partial charge in [-0.25, -0.2) is 8.78 Å². The Hall–Kier alpha value is -2.69. The molecule has 3 atom stereocenters. The standard InChI is InChI=1S/C32H39F8NO2/c1-28(2,3)16-7-17-41-25(20-8-12-22(13-9-20)31(35,36)37)19-30(33,34)24(18-26(42)43-29(4,5)6)27(41)21-10-14-23(15-11-21)32(38,39)40/h8-15,24-25,27H,7,16-19H2,1-6H3/t24-,25+,27-/m1/s1. The fourth-order valence-corrected chi connectivity index (χ4v) is 5.59. The van der Waals surface area contributed by atoms with Gasteiger partial charge < -0.3 is 4.74 Å². The number of alkyl halides is 8. The third-order valence-electron chi connectivity index (χ3n) is 7.50. The van der Waals surface area contributed by atoms with Crippen molar-refractivity contribution in [1.29, 1.82) is 0 Å². The van der Waals surface area contributed by atoms with Gasteiger partial charge in [0, 0.05) is 18.5 Å². The molecule has 2 aromatic rings. The van der Waals surface area contributed by atoms with Crippen LogP contribution in [0.15, 0.2) is 48.5 Å². The number of hydrogen-bond donors (Lipinski definition) is 0. The average molecular weight is 622 g/mol. The van der Waals surface area contributed by atoms with Gasteiger partial charge in [-0.05, 0) is 81.0 Å². The molecule has 0 N–H and O–H groups in total. The maximum absolute atomic E-state index is 16.2. The molecule has 1 heterocycles. The highest BCUT2D eigenvalue weighted by Crippen LogP contribution is 2.54. The summed E-state index contributed by atoms with van der Waals surface area (Å²) >= 11 is 0. The normalized spacial score (nSPS) is 22.0. The molecule has 240 valence electrons. The molecule has 0 unspecified atom stereocenters. The molecule has 3 rings (SSSR count). The molecular weight excluding hydrogens is 582 g/mol. The first-order valence-electron chi connectivity index (χ1n) is 14.2. The van der Waals surface area contributed by atoms with Crippen LogP contribution in [0.5, 0.6) is 0 Å². The molecule has 1 aliphatic heterocycles. The van der Waals surface area contributed by atoms with Crippen LogP contribution in [-0.4, -0.2) is 28.9 Å². The number of nitrogens with zero attached hydrogens (tertiary/aromatic N) is 1. The summed E-state index contributed by atoms with van der Waals surface area (Å²) in [4.78, 5) is 14.6. The minimum absolute atomic E-state index is 0.122. The minimum atomic E-state index is -4.65. The van der Waals surface area contributed by atoms with Crippen LogP contribution in [0.1, 0.15) is 102 Å². The zero-order valence-corrected chi connectivity index (χ0v) is 25.2. The first-order valence-corrected chi connectivity index (χ1v) is 14.2. The van der Waals surface area contributed by atoms with Crippen LogP contribution in [0, 0.1) is 11.3 Å². The zero-order chi connectivity index (χ0) is 32.6. The lowest BCUT2D eigenvalue weighted by molar-refractivity contribution is -0.179. The predicted octanol–water partition coefficient (Wildman–Crippen LogP) is 10.0. The van der Waals surface area contributed by atoms with Gasteiger partial charge in [-0.15, -0.1) is 0 Å². The first kappa shape index (κ1) is 34.8. The van der Waals surface area contributed by atoms with E-state index in [1.54, 1.807) is 25.7 Å². The number of likely N-dealkylation sites (tertiary alicyclic amines) is 1. The summed E-state index contributed by atoms with van der Waals surface area (Å²) in [6.07, 6.45) is -9.58. The Morgan fingerprint density at radius 3 is 1.70 bits per heavy atom. The van der Waals surface area contributed by atoms with Crippen molar-refractivity contribution in [2.75, 3.05) is 6.54 Å². The molecule has 3 nitrogen and oxygen atoms in total. The second kappa shape index (κ2) is 12.4. The van der Waals surface area contributed by atoms with E-state index in [0.29, 0.717) is 12.8 Å². The van der Waals surface area contributed by atoms with Crippen LogP contribution < -0.4 is 0 Å². The van der Waals surface area contributed by atoms with E-state index < -0.39 is 71.8 Å². The van der Waals surface area contributed by atoms with Crippen LogP contribution >= 0.6 is 0 Å². The molecule has 1 saturated heterocycles. The number of rotatable bonds is 7. The van der Waals surface area contributed by atoms with Crippen molar-refractivity contribution in [2.24, 2.45) is 11.3 Å². The van der Waals surface area contributed by atoms with Crippen molar-refractivity contribution in [2.45, 2.75) is 103 Å². The third-order valence-corrected chi connectivity index (χ3v) is 7.50. The van der Waals surface area contributed by atoms with E-state index >= 15 is 8.78 Å². The lowest BCUT2D eigenvalue weighted by atomic mass is 9.75. The number of carbonyl (C=O) groups excluding carboxylic acids is 1. The molecule has 0 aromatic heterocycles. The number of hydrogen-bond acceptors (Lipinski definition) is 3. The Morgan fingerprint density at radius 2 is 1.28 bits per heavy atom. The predicted molar refractivity (Wildman–Crippen MR) is 147 cm³/mol. The summed E-state index contributed by atoms with van der Waals surface area (Å²) in [5, 5.41) is 0. The Balaban J connectivity index is 2.16. The van der Waals surface area contributed by atoms with Crippen LogP contribution in [-0.2, 0) is 21.9 Å². The van der Waals surface area contributed by atoms with Gasteiger partial charge in [-0.1, -0.05) is 45.0 Å². The molecule has 0 aliphatic carbocycles. The van der Waals surface area contributed by atoms with Gasteiger partial charge in [0.15, 0.2) is 0 Å². The van der Waals surface area contributed by atoms with Crippen LogP contribution in [0.25, 0.3) is 0 Å². The quantitative estimate of drug-likeness (QED) is 0.228. The molecule has 1 fully saturated rings. The molecular formula is C32H39F8NO2. The highest BCUT2D eigenvalue weighted by molar-refractivity contribution is 5.70. The number of esters is 1. The van der Waals surface area contributed by atoms with Crippen molar-refractivity contribution in [3.05, 3.63) is 70.8 Å². The van der Waals surface area contributed by atoms with Gasteiger partial charge >= 0.3 is 18.3 Å². The van der Waals surface area contributed by atoms with Crippen LogP contribution in [0.3, 0.4) is 0 Å². The maximum Gasteiger partial charge on any atom is 0.416 e. The average Bonchev–Trinajstić information content (AvgIpc) is 2.83. The topological polar surface area (TPSA) is 29.5 Å². The lowest BCUT2D eigenvalue weighted by Crippen LogP contribution is -2.52. The molecule has 0 amide bonds. The Labute approximate surface area is 247 Å². The van der Waals surface area contributed by atoms with Crippen molar-refractivity contribution in [1.82, 2.24) is 4.90 Å². The summed E-state index contributed by atoms with van der Waals surface area (Å²) in [5.74, 6) is -6.06.